The van der Waals surface area contributed by atoms with Crippen LogP contribution in [0.2, 0.25) is 0 Å². The minimum atomic E-state index is -0.0239. The molecule has 1 amide bonds. The Morgan fingerprint density at radius 3 is 2.64 bits per heavy atom. The molecule has 1 aromatic carbocycles. The summed E-state index contributed by atoms with van der Waals surface area (Å²) in [5.41, 5.74) is 1.97. The average molecular weight is 337 g/mol. The zero-order valence-electron chi connectivity index (χ0n) is 12.8. The van der Waals surface area contributed by atoms with E-state index < -0.39 is 0 Å². The Balaban J connectivity index is 1.84. The Bertz CT molecular complexity index is 640. The van der Waals surface area contributed by atoms with E-state index in [0.29, 0.717) is 22.9 Å². The molecule has 0 radical (unpaired) electrons. The van der Waals surface area contributed by atoms with Crippen molar-refractivity contribution in [3.8, 4) is 11.5 Å². The lowest BCUT2D eigenvalue weighted by atomic mass is 10.2. The van der Waals surface area contributed by atoms with Gasteiger partial charge in [-0.1, -0.05) is 0 Å². The van der Waals surface area contributed by atoms with E-state index in [1.165, 1.54) is 10.4 Å². The number of benzene rings is 1. The van der Waals surface area contributed by atoms with Crippen LogP contribution in [0.15, 0.2) is 29.6 Å². The van der Waals surface area contributed by atoms with Crippen molar-refractivity contribution in [3.63, 3.8) is 0 Å². The Labute approximate surface area is 138 Å². The molecule has 0 atom stereocenters. The molecule has 0 spiro atoms. The summed E-state index contributed by atoms with van der Waals surface area (Å²) in [6, 6.07) is 7.48. The molecule has 1 aromatic heterocycles. The molecule has 1 N–H and O–H groups in total. The molecule has 0 saturated heterocycles. The number of methoxy groups -OCH3 is 2. The number of hydrogen-bond donors (Lipinski definition) is 1. The normalized spacial score (nSPS) is 10.3. The van der Waals surface area contributed by atoms with Crippen LogP contribution in [-0.4, -0.2) is 25.9 Å². The molecule has 118 valence electrons. The molecule has 0 fully saturated rings. The number of carbonyl (C=O) groups excluding carboxylic acids is 1. The lowest BCUT2D eigenvalue weighted by Gasteiger charge is -2.10. The van der Waals surface area contributed by atoms with E-state index in [1.54, 1.807) is 55.5 Å². The SMILES string of the molecule is COc1ccc(NC(=O)CSCc2csc(C)c2)cc1OC. The number of amides is 1. The van der Waals surface area contributed by atoms with Crippen LogP contribution < -0.4 is 14.8 Å². The van der Waals surface area contributed by atoms with Crippen LogP contribution in [-0.2, 0) is 10.5 Å². The van der Waals surface area contributed by atoms with E-state index in [1.807, 2.05) is 0 Å². The fourth-order valence-corrected chi connectivity index (χ4v) is 3.52. The molecule has 0 aliphatic rings. The van der Waals surface area contributed by atoms with Crippen molar-refractivity contribution in [2.24, 2.45) is 0 Å². The van der Waals surface area contributed by atoms with Gasteiger partial charge in [-0.25, -0.2) is 0 Å². The van der Waals surface area contributed by atoms with Crippen LogP contribution in [0, 0.1) is 6.92 Å². The van der Waals surface area contributed by atoms with Crippen molar-refractivity contribution in [3.05, 3.63) is 40.1 Å². The first-order valence-electron chi connectivity index (χ1n) is 6.76. The third-order valence-electron chi connectivity index (χ3n) is 2.95. The number of aryl methyl sites for hydroxylation is 1. The summed E-state index contributed by atoms with van der Waals surface area (Å²) in [7, 11) is 3.15. The van der Waals surface area contributed by atoms with Gasteiger partial charge in [0.15, 0.2) is 11.5 Å². The minimum Gasteiger partial charge on any atom is -0.493 e. The summed E-state index contributed by atoms with van der Waals surface area (Å²) in [5, 5.41) is 5.00. The maximum atomic E-state index is 12.0. The maximum Gasteiger partial charge on any atom is 0.234 e. The van der Waals surface area contributed by atoms with Crippen LogP contribution in [0.25, 0.3) is 0 Å². The summed E-state index contributed by atoms with van der Waals surface area (Å²) in [6.07, 6.45) is 0. The number of nitrogens with one attached hydrogen (secondary N) is 1. The summed E-state index contributed by atoms with van der Waals surface area (Å²) >= 11 is 3.34. The minimum absolute atomic E-state index is 0.0239. The fourth-order valence-electron chi connectivity index (χ4n) is 1.95. The van der Waals surface area contributed by atoms with Crippen molar-refractivity contribution < 1.29 is 14.3 Å². The largest absolute Gasteiger partial charge is 0.493 e. The van der Waals surface area contributed by atoms with Gasteiger partial charge in [0.25, 0.3) is 0 Å². The highest BCUT2D eigenvalue weighted by molar-refractivity contribution is 7.99. The Morgan fingerprint density at radius 2 is 2.00 bits per heavy atom. The van der Waals surface area contributed by atoms with Gasteiger partial charge in [0.2, 0.25) is 5.91 Å². The third-order valence-corrected chi connectivity index (χ3v) is 4.87. The first-order chi connectivity index (χ1) is 10.6. The standard InChI is InChI=1S/C16H19NO3S2/c1-11-6-12(9-22-11)8-21-10-16(18)17-13-4-5-14(19-2)15(7-13)20-3/h4-7,9H,8,10H2,1-3H3,(H,17,18). The number of ether oxygens (including phenoxy) is 2. The topological polar surface area (TPSA) is 47.6 Å². The molecule has 2 rings (SSSR count). The fraction of sp³-hybridized carbons (Fsp3) is 0.312. The van der Waals surface area contributed by atoms with Crippen LogP contribution in [0.5, 0.6) is 11.5 Å². The quantitative estimate of drug-likeness (QED) is 0.831. The van der Waals surface area contributed by atoms with Crippen molar-refractivity contribution >= 4 is 34.7 Å². The van der Waals surface area contributed by atoms with Crippen molar-refractivity contribution in [1.29, 1.82) is 0 Å². The summed E-state index contributed by atoms with van der Waals surface area (Å²) in [4.78, 5) is 13.3. The van der Waals surface area contributed by atoms with Gasteiger partial charge >= 0.3 is 0 Å². The molecule has 6 heteroatoms. The molecular formula is C16H19NO3S2. The van der Waals surface area contributed by atoms with E-state index in [2.05, 4.69) is 23.7 Å². The van der Waals surface area contributed by atoms with Crippen molar-refractivity contribution in [2.45, 2.75) is 12.7 Å². The van der Waals surface area contributed by atoms with Gasteiger partial charge in [0, 0.05) is 22.4 Å². The van der Waals surface area contributed by atoms with Gasteiger partial charge < -0.3 is 14.8 Å². The predicted octanol–water partition coefficient (Wildman–Crippen LogP) is 3.95. The molecule has 0 aliphatic carbocycles. The highest BCUT2D eigenvalue weighted by atomic mass is 32.2. The molecule has 1 heterocycles. The van der Waals surface area contributed by atoms with Gasteiger partial charge in [-0.05, 0) is 36.1 Å². The van der Waals surface area contributed by atoms with Gasteiger partial charge in [-0.15, -0.1) is 23.1 Å². The lowest BCUT2D eigenvalue weighted by molar-refractivity contribution is -0.113. The van der Waals surface area contributed by atoms with E-state index in [4.69, 9.17) is 9.47 Å². The van der Waals surface area contributed by atoms with Crippen LogP contribution in [0.3, 0.4) is 0 Å². The summed E-state index contributed by atoms with van der Waals surface area (Å²) in [5.74, 6) is 2.49. The third kappa shape index (κ3) is 4.68. The smallest absolute Gasteiger partial charge is 0.234 e. The zero-order chi connectivity index (χ0) is 15.9. The van der Waals surface area contributed by atoms with Crippen LogP contribution in [0.1, 0.15) is 10.4 Å². The monoisotopic (exact) mass is 337 g/mol. The van der Waals surface area contributed by atoms with Crippen molar-refractivity contribution in [2.75, 3.05) is 25.3 Å². The first-order valence-corrected chi connectivity index (χ1v) is 8.79. The van der Waals surface area contributed by atoms with Gasteiger partial charge in [-0.3, -0.25) is 4.79 Å². The number of rotatable bonds is 7. The Morgan fingerprint density at radius 1 is 1.23 bits per heavy atom. The van der Waals surface area contributed by atoms with E-state index >= 15 is 0 Å². The number of carbonyl (C=O) groups is 1. The highest BCUT2D eigenvalue weighted by Gasteiger charge is 2.08. The molecule has 2 aromatic rings. The second-order valence-electron chi connectivity index (χ2n) is 4.68. The molecule has 0 unspecified atom stereocenters. The first kappa shape index (κ1) is 16.7. The van der Waals surface area contributed by atoms with Crippen LogP contribution in [0.4, 0.5) is 5.69 Å². The van der Waals surface area contributed by atoms with Gasteiger partial charge in [0.1, 0.15) is 0 Å². The number of hydrogen-bond acceptors (Lipinski definition) is 5. The van der Waals surface area contributed by atoms with E-state index in [-0.39, 0.29) is 5.91 Å². The van der Waals surface area contributed by atoms with Gasteiger partial charge in [-0.2, -0.15) is 0 Å². The Kier molecular flexibility index (Phi) is 6.15. The zero-order valence-corrected chi connectivity index (χ0v) is 14.5. The molecule has 0 saturated carbocycles. The molecule has 22 heavy (non-hydrogen) atoms. The molecule has 0 aliphatic heterocycles. The van der Waals surface area contributed by atoms with Crippen molar-refractivity contribution in [1.82, 2.24) is 0 Å². The maximum absolute atomic E-state index is 12.0. The number of thioether (sulfide) groups is 1. The highest BCUT2D eigenvalue weighted by Crippen LogP contribution is 2.29. The van der Waals surface area contributed by atoms with E-state index in [9.17, 15) is 4.79 Å². The number of anilines is 1. The second kappa shape index (κ2) is 8.10. The van der Waals surface area contributed by atoms with Crippen LogP contribution >= 0.6 is 23.1 Å². The number of thiophene rings is 1. The predicted molar refractivity (Wildman–Crippen MR) is 93.4 cm³/mol. The molecule has 0 bridgehead atoms. The average Bonchev–Trinajstić information content (AvgIpc) is 2.92. The Hall–Kier alpha value is -1.66. The second-order valence-corrected chi connectivity index (χ2v) is 6.78. The summed E-state index contributed by atoms with van der Waals surface area (Å²) < 4.78 is 10.4. The summed E-state index contributed by atoms with van der Waals surface area (Å²) in [6.45, 7) is 2.09. The molecule has 4 nitrogen and oxygen atoms in total. The van der Waals surface area contributed by atoms with Gasteiger partial charge in [0.05, 0.1) is 20.0 Å². The lowest BCUT2D eigenvalue weighted by Crippen LogP contribution is -2.14. The molecular weight excluding hydrogens is 318 g/mol. The van der Waals surface area contributed by atoms with E-state index in [0.717, 1.165) is 5.75 Å².